The summed E-state index contributed by atoms with van der Waals surface area (Å²) >= 11 is 3.99. The van der Waals surface area contributed by atoms with Crippen molar-refractivity contribution in [3.05, 3.63) is 0 Å². The highest BCUT2D eigenvalue weighted by Gasteiger charge is 2.08. The molecule has 0 aromatic rings. The van der Waals surface area contributed by atoms with E-state index in [1.54, 1.807) is 7.05 Å². The van der Waals surface area contributed by atoms with Crippen LogP contribution in [0.25, 0.3) is 0 Å². The summed E-state index contributed by atoms with van der Waals surface area (Å²) in [6.45, 7) is 3.61. The second-order valence-corrected chi connectivity index (χ2v) is 7.43. The normalized spacial score (nSPS) is 10.8. The SMILES string of the molecule is CNCCC(=O)NCCC(=O)NC(C)CCCCNC(=O)CCSS.NC=O. The zero-order chi connectivity index (χ0) is 21.6. The van der Waals surface area contributed by atoms with Crippen LogP contribution < -0.4 is 27.0 Å². The zero-order valence-electron chi connectivity index (χ0n) is 16.8. The molecule has 0 bridgehead atoms. The average molecular weight is 438 g/mol. The third kappa shape index (κ3) is 22.6. The second kappa shape index (κ2) is 21.8. The van der Waals surface area contributed by atoms with E-state index < -0.39 is 0 Å². The van der Waals surface area contributed by atoms with E-state index >= 15 is 0 Å². The lowest BCUT2D eigenvalue weighted by atomic mass is 10.1. The monoisotopic (exact) mass is 437 g/mol. The van der Waals surface area contributed by atoms with Gasteiger partial charge in [-0.05, 0) is 33.2 Å². The van der Waals surface area contributed by atoms with Crippen LogP contribution in [0, 0.1) is 0 Å². The summed E-state index contributed by atoms with van der Waals surface area (Å²) in [5.74, 6) is 0.664. The topological polar surface area (TPSA) is 142 Å². The number of nitrogens with two attached hydrogens (primary N) is 1. The molecule has 0 aromatic carbocycles. The van der Waals surface area contributed by atoms with Crippen LogP contribution in [0.3, 0.4) is 0 Å². The molecule has 0 aliphatic carbocycles. The van der Waals surface area contributed by atoms with Gasteiger partial charge in [0, 0.05) is 50.7 Å². The highest BCUT2D eigenvalue weighted by molar-refractivity contribution is 8.68. The van der Waals surface area contributed by atoms with E-state index in [4.69, 9.17) is 4.79 Å². The van der Waals surface area contributed by atoms with Crippen LogP contribution in [0.4, 0.5) is 0 Å². The predicted octanol–water partition coefficient (Wildman–Crippen LogP) is -0.0370. The van der Waals surface area contributed by atoms with E-state index in [9.17, 15) is 14.4 Å². The first-order valence-corrected chi connectivity index (χ1v) is 11.3. The molecule has 9 nitrogen and oxygen atoms in total. The van der Waals surface area contributed by atoms with Crippen molar-refractivity contribution in [1.29, 1.82) is 0 Å². The van der Waals surface area contributed by atoms with E-state index in [1.165, 1.54) is 10.8 Å². The standard InChI is InChI=1S/C16H32N4O3S2.CH3NO/c1-13(5-3-4-9-18-15(22)8-12-25-24)20-16(23)7-11-19-14(21)6-10-17-2;2-1-3/h13,17,24H,3-12H2,1-2H3,(H,18,22)(H,19,21)(H,20,23);1H,(H2,2,3). The molecule has 0 spiro atoms. The number of hydrogen-bond acceptors (Lipinski definition) is 7. The van der Waals surface area contributed by atoms with Crippen molar-refractivity contribution < 1.29 is 19.2 Å². The third-order valence-corrected chi connectivity index (χ3v) is 4.42. The van der Waals surface area contributed by atoms with Gasteiger partial charge >= 0.3 is 0 Å². The third-order valence-electron chi connectivity index (χ3n) is 3.49. The smallest absolute Gasteiger partial charge is 0.221 e. The molecule has 0 saturated carbocycles. The van der Waals surface area contributed by atoms with Gasteiger partial charge in [-0.3, -0.25) is 19.2 Å². The first-order valence-electron chi connectivity index (χ1n) is 9.30. The second-order valence-electron chi connectivity index (χ2n) is 5.99. The quantitative estimate of drug-likeness (QED) is 0.0919. The summed E-state index contributed by atoms with van der Waals surface area (Å²) in [6.07, 6.45) is 4.13. The summed E-state index contributed by atoms with van der Waals surface area (Å²) in [7, 11) is 3.15. The van der Waals surface area contributed by atoms with Gasteiger partial charge in [-0.25, -0.2) is 0 Å². The van der Waals surface area contributed by atoms with Crippen molar-refractivity contribution in [3.8, 4) is 0 Å². The van der Waals surface area contributed by atoms with Gasteiger partial charge in [-0.2, -0.15) is 0 Å². The molecule has 0 fully saturated rings. The molecule has 6 N–H and O–H groups in total. The summed E-state index contributed by atoms with van der Waals surface area (Å²) < 4.78 is 0. The van der Waals surface area contributed by atoms with E-state index in [1.807, 2.05) is 6.92 Å². The number of amides is 4. The van der Waals surface area contributed by atoms with Gasteiger partial charge in [-0.15, -0.1) is 11.7 Å². The fourth-order valence-electron chi connectivity index (χ4n) is 2.09. The van der Waals surface area contributed by atoms with Crippen LogP contribution in [-0.4, -0.2) is 62.6 Å². The Balaban J connectivity index is 0. The lowest BCUT2D eigenvalue weighted by Crippen LogP contribution is -2.36. The lowest BCUT2D eigenvalue weighted by molar-refractivity contribution is -0.123. The Kier molecular flexibility index (Phi) is 22.4. The van der Waals surface area contributed by atoms with Gasteiger partial charge in [0.25, 0.3) is 0 Å². The van der Waals surface area contributed by atoms with Gasteiger partial charge in [-0.1, -0.05) is 10.8 Å². The van der Waals surface area contributed by atoms with Crippen molar-refractivity contribution in [2.45, 2.75) is 51.5 Å². The minimum atomic E-state index is -0.0565. The van der Waals surface area contributed by atoms with Crippen molar-refractivity contribution >= 4 is 46.6 Å². The maximum Gasteiger partial charge on any atom is 0.221 e. The largest absolute Gasteiger partial charge is 0.372 e. The molecule has 0 radical (unpaired) electrons. The highest BCUT2D eigenvalue weighted by atomic mass is 33.1. The highest BCUT2D eigenvalue weighted by Crippen LogP contribution is 2.05. The molecule has 0 aliphatic rings. The van der Waals surface area contributed by atoms with Gasteiger partial charge in [0.2, 0.25) is 24.1 Å². The van der Waals surface area contributed by atoms with E-state index in [2.05, 4.69) is 38.7 Å². The van der Waals surface area contributed by atoms with Crippen molar-refractivity contribution in [2.24, 2.45) is 5.73 Å². The summed E-state index contributed by atoms with van der Waals surface area (Å²) in [6, 6.07) is 0.0868. The van der Waals surface area contributed by atoms with Crippen LogP contribution in [0.5, 0.6) is 0 Å². The molecule has 4 amide bonds. The summed E-state index contributed by atoms with van der Waals surface area (Å²) in [4.78, 5) is 43.2. The molecule has 164 valence electrons. The van der Waals surface area contributed by atoms with E-state index in [0.29, 0.717) is 38.2 Å². The number of carbonyl (C=O) groups is 4. The van der Waals surface area contributed by atoms with Crippen molar-refractivity contribution in [1.82, 2.24) is 21.3 Å². The number of primary amides is 1. The Morgan fingerprint density at radius 1 is 1.00 bits per heavy atom. The first kappa shape index (κ1) is 28.7. The predicted molar refractivity (Wildman–Crippen MR) is 117 cm³/mol. The molecule has 1 atom stereocenters. The Bertz CT molecular complexity index is 442. The Morgan fingerprint density at radius 3 is 2.18 bits per heavy atom. The molecular formula is C17H35N5O4S2. The Hall–Kier alpha value is -1.46. The first-order chi connectivity index (χ1) is 13.4. The molecular weight excluding hydrogens is 402 g/mol. The van der Waals surface area contributed by atoms with Gasteiger partial charge < -0.3 is 27.0 Å². The minimum Gasteiger partial charge on any atom is -0.372 e. The Morgan fingerprint density at radius 2 is 1.57 bits per heavy atom. The van der Waals surface area contributed by atoms with Crippen LogP contribution in [0.15, 0.2) is 0 Å². The Labute approximate surface area is 176 Å². The van der Waals surface area contributed by atoms with Crippen LogP contribution in [-0.2, 0) is 19.2 Å². The minimum absolute atomic E-state index is 0.0507. The fourth-order valence-corrected chi connectivity index (χ4v) is 2.64. The van der Waals surface area contributed by atoms with Crippen molar-refractivity contribution in [2.75, 3.05) is 32.4 Å². The maximum absolute atomic E-state index is 11.8. The molecule has 0 aromatic heterocycles. The molecule has 0 heterocycles. The van der Waals surface area contributed by atoms with Crippen molar-refractivity contribution in [3.63, 3.8) is 0 Å². The molecule has 11 heteroatoms. The average Bonchev–Trinajstić information content (AvgIpc) is 2.65. The maximum atomic E-state index is 11.8. The number of nitrogens with one attached hydrogen (secondary N) is 4. The van der Waals surface area contributed by atoms with Crippen LogP contribution in [0.1, 0.15) is 45.4 Å². The number of rotatable bonds is 15. The molecule has 0 aliphatic heterocycles. The number of thiol groups is 1. The molecule has 1 unspecified atom stereocenters. The zero-order valence-corrected chi connectivity index (χ0v) is 18.5. The van der Waals surface area contributed by atoms with Gasteiger partial charge in [0.1, 0.15) is 0 Å². The van der Waals surface area contributed by atoms with Crippen LogP contribution >= 0.6 is 22.5 Å². The van der Waals surface area contributed by atoms with Gasteiger partial charge in [0.05, 0.1) is 0 Å². The molecule has 28 heavy (non-hydrogen) atoms. The summed E-state index contributed by atoms with van der Waals surface area (Å²) in [5.41, 5.74) is 4.17. The fraction of sp³-hybridized carbons (Fsp3) is 0.765. The molecule has 0 rings (SSSR count). The summed E-state index contributed by atoms with van der Waals surface area (Å²) in [5, 5.41) is 11.4. The number of carbonyl (C=O) groups excluding carboxylic acids is 4. The molecule has 0 saturated heterocycles. The van der Waals surface area contributed by atoms with Crippen LogP contribution in [0.2, 0.25) is 0 Å². The number of unbranched alkanes of at least 4 members (excludes halogenated alkanes) is 1. The van der Waals surface area contributed by atoms with E-state index in [-0.39, 0.29) is 36.6 Å². The van der Waals surface area contributed by atoms with Gasteiger partial charge in [0.15, 0.2) is 0 Å². The van der Waals surface area contributed by atoms with E-state index in [0.717, 1.165) is 19.3 Å². The number of hydrogen-bond donors (Lipinski definition) is 6. The lowest BCUT2D eigenvalue weighted by Gasteiger charge is -2.14.